The average Bonchev–Trinajstić information content (AvgIpc) is 2.45. The fourth-order valence-electron chi connectivity index (χ4n) is 2.33. The maximum Gasteiger partial charge on any atom is 0.199 e. The summed E-state index contributed by atoms with van der Waals surface area (Å²) >= 11 is 0. The first kappa shape index (κ1) is 8.84. The minimum atomic E-state index is 0.443. The molecular weight excluding hydrogens is 186 g/mol. The Bertz CT molecular complexity index is 508. The Labute approximate surface area is 89.1 Å². The minimum Gasteiger partial charge on any atom is -0.494 e. The van der Waals surface area contributed by atoms with E-state index >= 15 is 0 Å². The van der Waals surface area contributed by atoms with Gasteiger partial charge in [0.25, 0.3) is 0 Å². The van der Waals surface area contributed by atoms with Crippen molar-refractivity contribution in [3.63, 3.8) is 0 Å². The van der Waals surface area contributed by atoms with Gasteiger partial charge in [-0.3, -0.25) is 0 Å². The van der Waals surface area contributed by atoms with Gasteiger partial charge >= 0.3 is 0 Å². The summed E-state index contributed by atoms with van der Waals surface area (Å²) < 4.78 is 2.04. The first-order valence-corrected chi connectivity index (χ1v) is 5.56. The molecule has 1 fully saturated rings. The highest BCUT2D eigenvalue weighted by molar-refractivity contribution is 5.90. The Hall–Kier alpha value is -1.44. The quantitative estimate of drug-likeness (QED) is 0.751. The standard InChI is InChI=1S/C13H15NO/c1-9-4-2-7-11-12(9)8-14(13(11)15)10-5-3-6-10/h2,4,7-8,10,15H,3,5-6H2,1H3. The number of aromatic nitrogens is 1. The van der Waals surface area contributed by atoms with Gasteiger partial charge in [0, 0.05) is 23.0 Å². The van der Waals surface area contributed by atoms with Gasteiger partial charge in [-0.1, -0.05) is 12.1 Å². The van der Waals surface area contributed by atoms with E-state index in [2.05, 4.69) is 19.2 Å². The van der Waals surface area contributed by atoms with Gasteiger partial charge in [0.1, 0.15) is 0 Å². The number of aryl methyl sites for hydroxylation is 1. The molecule has 0 saturated heterocycles. The van der Waals surface area contributed by atoms with Crippen LogP contribution in [0.2, 0.25) is 0 Å². The zero-order chi connectivity index (χ0) is 10.4. The monoisotopic (exact) mass is 201 g/mol. The lowest BCUT2D eigenvalue weighted by atomic mass is 9.93. The summed E-state index contributed by atoms with van der Waals surface area (Å²) in [6.07, 6.45) is 5.79. The van der Waals surface area contributed by atoms with Gasteiger partial charge < -0.3 is 9.67 Å². The number of hydrogen-bond acceptors (Lipinski definition) is 1. The van der Waals surface area contributed by atoms with Crippen molar-refractivity contribution in [3.8, 4) is 5.88 Å². The van der Waals surface area contributed by atoms with E-state index < -0.39 is 0 Å². The Morgan fingerprint density at radius 1 is 1.27 bits per heavy atom. The summed E-state index contributed by atoms with van der Waals surface area (Å²) in [7, 11) is 0. The largest absolute Gasteiger partial charge is 0.494 e. The lowest BCUT2D eigenvalue weighted by Crippen LogP contribution is -2.15. The molecule has 0 amide bonds. The second-order valence-corrected chi connectivity index (χ2v) is 4.48. The average molecular weight is 201 g/mol. The van der Waals surface area contributed by atoms with E-state index in [1.807, 2.05) is 16.7 Å². The maximum atomic E-state index is 10.1. The van der Waals surface area contributed by atoms with Crippen molar-refractivity contribution in [1.29, 1.82) is 0 Å². The van der Waals surface area contributed by atoms with Crippen LogP contribution in [0.25, 0.3) is 10.8 Å². The highest BCUT2D eigenvalue weighted by atomic mass is 16.3. The summed E-state index contributed by atoms with van der Waals surface area (Å²) in [5.41, 5.74) is 1.24. The molecule has 0 aliphatic heterocycles. The Balaban J connectivity index is 2.23. The van der Waals surface area contributed by atoms with E-state index in [1.54, 1.807) is 0 Å². The Morgan fingerprint density at radius 3 is 2.67 bits per heavy atom. The smallest absolute Gasteiger partial charge is 0.199 e. The molecule has 1 saturated carbocycles. The van der Waals surface area contributed by atoms with E-state index in [0.717, 1.165) is 5.39 Å². The third kappa shape index (κ3) is 1.17. The fourth-order valence-corrected chi connectivity index (χ4v) is 2.33. The molecule has 0 radical (unpaired) electrons. The van der Waals surface area contributed by atoms with Gasteiger partial charge in [-0.25, -0.2) is 0 Å². The summed E-state index contributed by atoms with van der Waals surface area (Å²) in [6, 6.07) is 6.61. The molecule has 2 nitrogen and oxygen atoms in total. The van der Waals surface area contributed by atoms with Crippen molar-refractivity contribution in [2.45, 2.75) is 32.2 Å². The van der Waals surface area contributed by atoms with Crippen molar-refractivity contribution in [1.82, 2.24) is 4.57 Å². The molecule has 1 aliphatic rings. The van der Waals surface area contributed by atoms with E-state index in [0.29, 0.717) is 11.9 Å². The van der Waals surface area contributed by atoms with Gasteiger partial charge in [0.15, 0.2) is 5.88 Å². The van der Waals surface area contributed by atoms with Gasteiger partial charge in [-0.2, -0.15) is 0 Å². The lowest BCUT2D eigenvalue weighted by Gasteiger charge is -2.27. The van der Waals surface area contributed by atoms with Gasteiger partial charge in [0.2, 0.25) is 0 Å². The molecule has 78 valence electrons. The number of aromatic hydroxyl groups is 1. The molecule has 3 rings (SSSR count). The normalized spacial score (nSPS) is 16.9. The number of fused-ring (bicyclic) bond motifs is 1. The van der Waals surface area contributed by atoms with E-state index in [9.17, 15) is 5.11 Å². The van der Waals surface area contributed by atoms with Crippen LogP contribution in [0.3, 0.4) is 0 Å². The summed E-state index contributed by atoms with van der Waals surface area (Å²) in [6.45, 7) is 2.09. The van der Waals surface area contributed by atoms with Gasteiger partial charge in [-0.05, 0) is 37.8 Å². The third-order valence-electron chi connectivity index (χ3n) is 3.55. The SMILES string of the molecule is Cc1cccc2c(O)n(C3CCC3)cc12. The first-order chi connectivity index (χ1) is 7.27. The molecule has 0 unspecified atom stereocenters. The van der Waals surface area contributed by atoms with E-state index in [-0.39, 0.29) is 0 Å². The topological polar surface area (TPSA) is 25.2 Å². The van der Waals surface area contributed by atoms with E-state index in [1.165, 1.54) is 30.2 Å². The van der Waals surface area contributed by atoms with Gasteiger partial charge in [0.05, 0.1) is 0 Å². The molecular formula is C13H15NO. The van der Waals surface area contributed by atoms with Crippen molar-refractivity contribution in [2.75, 3.05) is 0 Å². The summed E-state index contributed by atoms with van der Waals surface area (Å²) in [5, 5.41) is 12.3. The molecule has 1 N–H and O–H groups in total. The Kier molecular flexibility index (Phi) is 1.78. The van der Waals surface area contributed by atoms with Crippen LogP contribution in [0.4, 0.5) is 0 Å². The predicted octanol–water partition coefficient (Wildman–Crippen LogP) is 3.38. The lowest BCUT2D eigenvalue weighted by molar-refractivity contribution is 0.282. The predicted molar refractivity (Wildman–Crippen MR) is 61.2 cm³/mol. The Morgan fingerprint density at radius 2 is 2.07 bits per heavy atom. The van der Waals surface area contributed by atoms with Crippen LogP contribution in [0, 0.1) is 6.92 Å². The number of benzene rings is 1. The molecule has 1 aliphatic carbocycles. The van der Waals surface area contributed by atoms with Crippen LogP contribution in [-0.4, -0.2) is 9.67 Å². The zero-order valence-corrected chi connectivity index (χ0v) is 8.90. The minimum absolute atomic E-state index is 0.443. The maximum absolute atomic E-state index is 10.1. The number of hydrogen-bond donors (Lipinski definition) is 1. The first-order valence-electron chi connectivity index (χ1n) is 5.56. The number of rotatable bonds is 1. The molecule has 0 bridgehead atoms. The van der Waals surface area contributed by atoms with Crippen LogP contribution in [0.1, 0.15) is 30.9 Å². The van der Waals surface area contributed by atoms with Crippen LogP contribution < -0.4 is 0 Å². The van der Waals surface area contributed by atoms with Crippen LogP contribution >= 0.6 is 0 Å². The molecule has 15 heavy (non-hydrogen) atoms. The summed E-state index contributed by atoms with van der Waals surface area (Å²) in [4.78, 5) is 0. The second-order valence-electron chi connectivity index (χ2n) is 4.48. The summed E-state index contributed by atoms with van der Waals surface area (Å²) in [5.74, 6) is 0.443. The van der Waals surface area contributed by atoms with Gasteiger partial charge in [-0.15, -0.1) is 0 Å². The molecule has 1 heterocycles. The fraction of sp³-hybridized carbons (Fsp3) is 0.385. The van der Waals surface area contributed by atoms with Crippen LogP contribution in [0.5, 0.6) is 5.88 Å². The van der Waals surface area contributed by atoms with E-state index in [4.69, 9.17) is 0 Å². The van der Waals surface area contributed by atoms with Crippen molar-refractivity contribution < 1.29 is 5.11 Å². The third-order valence-corrected chi connectivity index (χ3v) is 3.55. The highest BCUT2D eigenvalue weighted by Crippen LogP contribution is 2.39. The van der Waals surface area contributed by atoms with Crippen molar-refractivity contribution in [2.24, 2.45) is 0 Å². The second kappa shape index (κ2) is 3.02. The number of nitrogens with zero attached hydrogens (tertiary/aromatic N) is 1. The molecule has 0 spiro atoms. The van der Waals surface area contributed by atoms with Crippen molar-refractivity contribution >= 4 is 10.8 Å². The zero-order valence-electron chi connectivity index (χ0n) is 8.90. The highest BCUT2D eigenvalue weighted by Gasteiger charge is 2.22. The van der Waals surface area contributed by atoms with Crippen LogP contribution in [-0.2, 0) is 0 Å². The molecule has 0 atom stereocenters. The van der Waals surface area contributed by atoms with Crippen LogP contribution in [0.15, 0.2) is 24.4 Å². The molecule has 2 aromatic rings. The molecule has 2 heteroatoms. The molecule has 1 aromatic carbocycles. The van der Waals surface area contributed by atoms with Crippen molar-refractivity contribution in [3.05, 3.63) is 30.0 Å². The molecule has 1 aromatic heterocycles.